The zero-order valence-electron chi connectivity index (χ0n) is 10.7. The molecule has 0 aliphatic carbocycles. The van der Waals surface area contributed by atoms with Gasteiger partial charge in [0.1, 0.15) is 5.75 Å². The van der Waals surface area contributed by atoms with Gasteiger partial charge < -0.3 is 9.30 Å². The van der Waals surface area contributed by atoms with Crippen LogP contribution >= 0.6 is 24.2 Å². The Bertz CT molecular complexity index is 667. The van der Waals surface area contributed by atoms with E-state index in [1.54, 1.807) is 43.0 Å². The monoisotopic (exact) mass is 295 g/mol. The fraction of sp³-hybridized carbons (Fsp3) is 0.214. The molecule has 0 aliphatic heterocycles. The van der Waals surface area contributed by atoms with Gasteiger partial charge >= 0.3 is 0 Å². The molecule has 0 radical (unpaired) electrons. The minimum atomic E-state index is -0.0606. The molecule has 100 valence electrons. The summed E-state index contributed by atoms with van der Waals surface area (Å²) in [5, 5.41) is 0.599. The van der Waals surface area contributed by atoms with E-state index in [1.165, 1.54) is 0 Å². The Hall–Kier alpha value is -1.39. The lowest BCUT2D eigenvalue weighted by Gasteiger charge is -2.13. The second kappa shape index (κ2) is 5.72. The highest BCUT2D eigenvalue weighted by Gasteiger charge is 2.11. The zero-order chi connectivity index (χ0) is 14.0. The number of methoxy groups -OCH3 is 1. The normalized spacial score (nSPS) is 10.5. The predicted molar refractivity (Wildman–Crippen MR) is 81.4 cm³/mol. The van der Waals surface area contributed by atoms with Gasteiger partial charge in [-0.3, -0.25) is 4.79 Å². The highest BCUT2D eigenvalue weighted by atomic mass is 35.5. The Morgan fingerprint density at radius 3 is 2.68 bits per heavy atom. The summed E-state index contributed by atoms with van der Waals surface area (Å²) in [6.45, 7) is 0. The van der Waals surface area contributed by atoms with Crippen LogP contribution in [-0.2, 0) is 12.8 Å². The molecule has 0 atom stereocenters. The van der Waals surface area contributed by atoms with Gasteiger partial charge in [0, 0.05) is 29.0 Å². The van der Waals surface area contributed by atoms with Crippen molar-refractivity contribution in [2.24, 2.45) is 7.05 Å². The molecule has 2 aromatic rings. The number of aromatic nitrogens is 1. The van der Waals surface area contributed by atoms with Crippen LogP contribution in [-0.4, -0.2) is 11.7 Å². The Kier molecular flexibility index (Phi) is 4.22. The van der Waals surface area contributed by atoms with E-state index in [0.29, 0.717) is 22.1 Å². The molecule has 0 N–H and O–H groups in total. The van der Waals surface area contributed by atoms with Gasteiger partial charge in [-0.15, -0.1) is 0 Å². The number of nitrogens with zero attached hydrogens (tertiary/aromatic N) is 1. The van der Waals surface area contributed by atoms with Gasteiger partial charge in [-0.25, -0.2) is 0 Å². The first-order chi connectivity index (χ1) is 9.08. The number of benzene rings is 1. The SMILES string of the molecule is COc1ccc(Cl)cc1-c1ccc(CS)c(=O)n1C. The summed E-state index contributed by atoms with van der Waals surface area (Å²) in [7, 11) is 3.32. The van der Waals surface area contributed by atoms with Crippen molar-refractivity contribution in [3.8, 4) is 17.0 Å². The summed E-state index contributed by atoms with van der Waals surface area (Å²) < 4.78 is 6.90. The Morgan fingerprint density at radius 1 is 1.32 bits per heavy atom. The van der Waals surface area contributed by atoms with E-state index in [1.807, 2.05) is 6.07 Å². The number of rotatable bonds is 3. The third-order valence-corrected chi connectivity index (χ3v) is 3.57. The summed E-state index contributed by atoms with van der Waals surface area (Å²) in [5.74, 6) is 1.10. The summed E-state index contributed by atoms with van der Waals surface area (Å²) in [6.07, 6.45) is 0. The molecule has 1 aromatic carbocycles. The summed E-state index contributed by atoms with van der Waals surface area (Å²) >= 11 is 10.2. The average molecular weight is 296 g/mol. The molecule has 0 bridgehead atoms. The van der Waals surface area contributed by atoms with E-state index < -0.39 is 0 Å². The van der Waals surface area contributed by atoms with E-state index in [2.05, 4.69) is 12.6 Å². The molecule has 0 unspecified atom stereocenters. The molecule has 2 rings (SSSR count). The molecule has 0 saturated heterocycles. The van der Waals surface area contributed by atoms with E-state index in [0.717, 1.165) is 11.3 Å². The van der Waals surface area contributed by atoms with Gasteiger partial charge in [0.25, 0.3) is 5.56 Å². The van der Waals surface area contributed by atoms with E-state index in [9.17, 15) is 4.79 Å². The maximum atomic E-state index is 12.1. The Morgan fingerprint density at radius 2 is 2.05 bits per heavy atom. The van der Waals surface area contributed by atoms with Crippen LogP contribution in [0.5, 0.6) is 5.75 Å². The zero-order valence-corrected chi connectivity index (χ0v) is 12.3. The van der Waals surface area contributed by atoms with Crippen molar-refractivity contribution in [3.05, 3.63) is 51.3 Å². The van der Waals surface area contributed by atoms with Crippen molar-refractivity contribution in [2.45, 2.75) is 5.75 Å². The fourth-order valence-electron chi connectivity index (χ4n) is 1.96. The van der Waals surface area contributed by atoms with Crippen LogP contribution in [0.25, 0.3) is 11.3 Å². The number of halogens is 1. The van der Waals surface area contributed by atoms with Crippen molar-refractivity contribution in [1.29, 1.82) is 0 Å². The van der Waals surface area contributed by atoms with E-state index in [4.69, 9.17) is 16.3 Å². The third kappa shape index (κ3) is 2.65. The second-order valence-electron chi connectivity index (χ2n) is 4.11. The van der Waals surface area contributed by atoms with Crippen molar-refractivity contribution in [3.63, 3.8) is 0 Å². The first-order valence-corrected chi connectivity index (χ1v) is 6.73. The fourth-order valence-corrected chi connectivity index (χ4v) is 2.37. The highest BCUT2D eigenvalue weighted by Crippen LogP contribution is 2.31. The lowest BCUT2D eigenvalue weighted by Crippen LogP contribution is -2.21. The van der Waals surface area contributed by atoms with Crippen molar-refractivity contribution in [1.82, 2.24) is 4.57 Å². The Balaban J connectivity index is 2.69. The van der Waals surface area contributed by atoms with Gasteiger partial charge in [-0.05, 0) is 24.3 Å². The molecule has 5 heteroatoms. The summed E-state index contributed by atoms with van der Waals surface area (Å²) in [4.78, 5) is 12.1. The van der Waals surface area contributed by atoms with Crippen LogP contribution in [0.4, 0.5) is 0 Å². The lowest BCUT2D eigenvalue weighted by atomic mass is 10.1. The topological polar surface area (TPSA) is 31.2 Å². The van der Waals surface area contributed by atoms with Crippen molar-refractivity contribution >= 4 is 24.2 Å². The number of hydrogen-bond donors (Lipinski definition) is 1. The van der Waals surface area contributed by atoms with Crippen LogP contribution in [0.3, 0.4) is 0 Å². The minimum Gasteiger partial charge on any atom is -0.496 e. The maximum absolute atomic E-state index is 12.1. The third-order valence-electron chi connectivity index (χ3n) is 2.99. The first-order valence-electron chi connectivity index (χ1n) is 5.72. The minimum absolute atomic E-state index is 0.0606. The van der Waals surface area contributed by atoms with E-state index >= 15 is 0 Å². The summed E-state index contributed by atoms with van der Waals surface area (Å²) in [6, 6.07) is 8.99. The highest BCUT2D eigenvalue weighted by molar-refractivity contribution is 7.79. The van der Waals surface area contributed by atoms with Crippen LogP contribution < -0.4 is 10.3 Å². The van der Waals surface area contributed by atoms with Gasteiger partial charge in [0.2, 0.25) is 0 Å². The number of thiol groups is 1. The largest absolute Gasteiger partial charge is 0.496 e. The number of pyridine rings is 1. The van der Waals surface area contributed by atoms with Gasteiger partial charge in [-0.1, -0.05) is 17.7 Å². The molecular formula is C14H14ClNO2S. The van der Waals surface area contributed by atoms with Crippen molar-refractivity contribution < 1.29 is 4.74 Å². The molecule has 1 heterocycles. The van der Waals surface area contributed by atoms with Crippen LogP contribution in [0.15, 0.2) is 35.1 Å². The van der Waals surface area contributed by atoms with Gasteiger partial charge in [0.05, 0.1) is 12.8 Å². The molecule has 0 saturated carbocycles. The van der Waals surface area contributed by atoms with Crippen LogP contribution in [0.2, 0.25) is 5.02 Å². The quantitative estimate of drug-likeness (QED) is 0.882. The Labute approximate surface area is 122 Å². The summed E-state index contributed by atoms with van der Waals surface area (Å²) in [5.41, 5.74) is 2.15. The lowest BCUT2D eigenvalue weighted by molar-refractivity contribution is 0.416. The molecular weight excluding hydrogens is 282 g/mol. The molecule has 0 aliphatic rings. The maximum Gasteiger partial charge on any atom is 0.254 e. The molecule has 0 fully saturated rings. The number of ether oxygens (including phenoxy) is 1. The predicted octanol–water partition coefficient (Wildman–Crippen LogP) is 3.14. The standard InChI is InChI=1S/C14H14ClNO2S/c1-16-12(5-3-9(8-19)14(16)17)11-7-10(15)4-6-13(11)18-2/h3-7,19H,8H2,1-2H3. The molecule has 3 nitrogen and oxygen atoms in total. The van der Waals surface area contributed by atoms with Gasteiger partial charge in [0.15, 0.2) is 0 Å². The molecule has 0 amide bonds. The molecule has 19 heavy (non-hydrogen) atoms. The smallest absolute Gasteiger partial charge is 0.254 e. The average Bonchev–Trinajstić information content (AvgIpc) is 2.42. The van der Waals surface area contributed by atoms with Crippen LogP contribution in [0.1, 0.15) is 5.56 Å². The molecule has 1 aromatic heterocycles. The number of hydrogen-bond acceptors (Lipinski definition) is 3. The van der Waals surface area contributed by atoms with E-state index in [-0.39, 0.29) is 5.56 Å². The van der Waals surface area contributed by atoms with Crippen LogP contribution in [0, 0.1) is 0 Å². The van der Waals surface area contributed by atoms with Crippen molar-refractivity contribution in [2.75, 3.05) is 7.11 Å². The second-order valence-corrected chi connectivity index (χ2v) is 4.86. The first kappa shape index (κ1) is 14.0. The van der Waals surface area contributed by atoms with Gasteiger partial charge in [-0.2, -0.15) is 12.6 Å². The molecule has 0 spiro atoms.